The van der Waals surface area contributed by atoms with Gasteiger partial charge in [-0.3, -0.25) is 9.59 Å². The van der Waals surface area contributed by atoms with Crippen molar-refractivity contribution >= 4 is 11.8 Å². The summed E-state index contributed by atoms with van der Waals surface area (Å²) >= 11 is 0. The molecule has 23 heavy (non-hydrogen) atoms. The average molecular weight is 320 g/mol. The summed E-state index contributed by atoms with van der Waals surface area (Å²) in [6, 6.07) is 0. The van der Waals surface area contributed by atoms with E-state index in [1.165, 1.54) is 0 Å². The van der Waals surface area contributed by atoms with Gasteiger partial charge in [0.05, 0.1) is 6.61 Å². The fourth-order valence-corrected chi connectivity index (χ4v) is 3.83. The summed E-state index contributed by atoms with van der Waals surface area (Å²) in [5.41, 5.74) is -0.685. The van der Waals surface area contributed by atoms with Crippen LogP contribution in [0.4, 0.5) is 0 Å². The Bertz CT molecular complexity index is 600. The summed E-state index contributed by atoms with van der Waals surface area (Å²) in [7, 11) is 3.44. The van der Waals surface area contributed by atoms with Gasteiger partial charge in [0, 0.05) is 46.2 Å². The molecule has 2 amide bonds. The van der Waals surface area contributed by atoms with Crippen LogP contribution >= 0.6 is 0 Å². The number of piperidine rings is 1. The van der Waals surface area contributed by atoms with Crippen LogP contribution in [0.15, 0.2) is 12.4 Å². The van der Waals surface area contributed by atoms with Crippen LogP contribution in [-0.2, 0) is 16.6 Å². The summed E-state index contributed by atoms with van der Waals surface area (Å²) in [5.74, 6) is 0.325. The van der Waals surface area contributed by atoms with Crippen molar-refractivity contribution in [1.29, 1.82) is 0 Å². The van der Waals surface area contributed by atoms with Gasteiger partial charge in [0.2, 0.25) is 5.91 Å². The molecule has 1 unspecified atom stereocenters. The summed E-state index contributed by atoms with van der Waals surface area (Å²) in [5, 5.41) is 0. The second-order valence-electron chi connectivity index (χ2n) is 6.34. The summed E-state index contributed by atoms with van der Waals surface area (Å²) in [6.07, 6.45) is 6.63. The highest BCUT2D eigenvalue weighted by Gasteiger charge is 2.53. The van der Waals surface area contributed by atoms with Crippen LogP contribution < -0.4 is 0 Å². The summed E-state index contributed by atoms with van der Waals surface area (Å²) in [4.78, 5) is 33.8. The summed E-state index contributed by atoms with van der Waals surface area (Å²) < 4.78 is 6.82. The first kappa shape index (κ1) is 16.0. The Labute approximate surface area is 136 Å². The summed E-state index contributed by atoms with van der Waals surface area (Å²) in [6.45, 7) is 2.47. The minimum Gasteiger partial charge on any atom is -0.383 e. The first-order chi connectivity index (χ1) is 11.1. The molecular weight excluding hydrogens is 296 g/mol. The first-order valence-electron chi connectivity index (χ1n) is 8.18. The molecule has 0 radical (unpaired) electrons. The van der Waals surface area contributed by atoms with E-state index in [0.717, 1.165) is 32.2 Å². The van der Waals surface area contributed by atoms with Crippen LogP contribution in [0.5, 0.6) is 0 Å². The highest BCUT2D eigenvalue weighted by molar-refractivity contribution is 5.98. The van der Waals surface area contributed by atoms with Gasteiger partial charge in [-0.05, 0) is 25.7 Å². The zero-order chi connectivity index (χ0) is 16.4. The third-order valence-corrected chi connectivity index (χ3v) is 5.02. The number of nitrogens with zero attached hydrogens (tertiary/aromatic N) is 4. The Balaban J connectivity index is 1.85. The number of ether oxygens (including phenoxy) is 1. The van der Waals surface area contributed by atoms with Gasteiger partial charge < -0.3 is 19.1 Å². The van der Waals surface area contributed by atoms with Gasteiger partial charge in [0.25, 0.3) is 5.91 Å². The van der Waals surface area contributed by atoms with Crippen molar-refractivity contribution in [3.8, 4) is 0 Å². The van der Waals surface area contributed by atoms with Gasteiger partial charge in [-0.2, -0.15) is 0 Å². The maximum atomic E-state index is 13.1. The number of aryl methyl sites for hydroxylation is 1. The third-order valence-electron chi connectivity index (χ3n) is 5.02. The van der Waals surface area contributed by atoms with Crippen molar-refractivity contribution in [2.45, 2.75) is 31.2 Å². The molecule has 7 heteroatoms. The Kier molecular flexibility index (Phi) is 4.39. The SMILES string of the molecule is COCCN1CCCC2(CCCN2C(=O)c2nccn2C)C1=O. The first-order valence-corrected chi connectivity index (χ1v) is 8.18. The highest BCUT2D eigenvalue weighted by Crippen LogP contribution is 2.38. The molecule has 1 aromatic rings. The molecule has 2 saturated heterocycles. The Morgan fingerprint density at radius 1 is 1.35 bits per heavy atom. The van der Waals surface area contributed by atoms with E-state index in [1.807, 2.05) is 4.90 Å². The standard InChI is InChI=1S/C16H24N4O3/c1-18-10-7-17-13(18)14(21)20-9-4-6-16(20)5-3-8-19(15(16)22)11-12-23-2/h7,10H,3-6,8-9,11-12H2,1-2H3. The monoisotopic (exact) mass is 320 g/mol. The number of carbonyl (C=O) groups excluding carboxylic acids is 2. The minimum absolute atomic E-state index is 0.0702. The van der Waals surface area contributed by atoms with Gasteiger partial charge in [0.1, 0.15) is 5.54 Å². The molecular formula is C16H24N4O3. The normalized spacial score (nSPS) is 24.7. The van der Waals surface area contributed by atoms with Crippen molar-refractivity contribution < 1.29 is 14.3 Å². The van der Waals surface area contributed by atoms with Crippen LogP contribution in [-0.4, -0.2) is 70.1 Å². The number of rotatable bonds is 4. The molecule has 7 nitrogen and oxygen atoms in total. The molecule has 0 N–H and O–H groups in total. The third kappa shape index (κ3) is 2.63. The number of amides is 2. The molecule has 2 aliphatic heterocycles. The smallest absolute Gasteiger partial charge is 0.290 e. The maximum absolute atomic E-state index is 13.1. The van der Waals surface area contributed by atoms with E-state index in [1.54, 1.807) is 36.0 Å². The van der Waals surface area contributed by atoms with Crippen molar-refractivity contribution in [3.63, 3.8) is 0 Å². The van der Waals surface area contributed by atoms with Crippen LogP contribution in [0.1, 0.15) is 36.3 Å². The quantitative estimate of drug-likeness (QED) is 0.817. The Hall–Kier alpha value is -1.89. The van der Waals surface area contributed by atoms with Gasteiger partial charge in [-0.25, -0.2) is 4.98 Å². The van der Waals surface area contributed by atoms with E-state index in [2.05, 4.69) is 4.98 Å². The molecule has 0 saturated carbocycles. The van der Waals surface area contributed by atoms with E-state index >= 15 is 0 Å². The number of likely N-dealkylation sites (tertiary alicyclic amines) is 2. The van der Waals surface area contributed by atoms with Crippen LogP contribution in [0.25, 0.3) is 0 Å². The van der Waals surface area contributed by atoms with Crippen LogP contribution in [0.3, 0.4) is 0 Å². The highest BCUT2D eigenvalue weighted by atomic mass is 16.5. The molecule has 3 heterocycles. The van der Waals surface area contributed by atoms with E-state index in [9.17, 15) is 9.59 Å². The van der Waals surface area contributed by atoms with Gasteiger partial charge in [-0.1, -0.05) is 0 Å². The second kappa shape index (κ2) is 6.31. The molecule has 0 aliphatic carbocycles. The topological polar surface area (TPSA) is 67.7 Å². The number of carbonyl (C=O) groups is 2. The molecule has 1 aromatic heterocycles. The average Bonchev–Trinajstić information content (AvgIpc) is 3.15. The van der Waals surface area contributed by atoms with E-state index < -0.39 is 5.54 Å². The molecule has 1 atom stereocenters. The van der Waals surface area contributed by atoms with E-state index in [-0.39, 0.29) is 11.8 Å². The molecule has 0 bridgehead atoms. The number of methoxy groups -OCH3 is 1. The van der Waals surface area contributed by atoms with Crippen LogP contribution in [0.2, 0.25) is 0 Å². The lowest BCUT2D eigenvalue weighted by Crippen LogP contribution is -2.61. The fraction of sp³-hybridized carbons (Fsp3) is 0.688. The van der Waals surface area contributed by atoms with Gasteiger partial charge in [0.15, 0.2) is 5.82 Å². The second-order valence-corrected chi connectivity index (χ2v) is 6.34. The minimum atomic E-state index is -0.685. The maximum Gasteiger partial charge on any atom is 0.290 e. The predicted octanol–water partition coefficient (Wildman–Crippen LogP) is 0.664. The molecule has 3 rings (SSSR count). The van der Waals surface area contributed by atoms with Crippen molar-refractivity contribution in [2.75, 3.05) is 33.4 Å². The lowest BCUT2D eigenvalue weighted by atomic mass is 9.85. The number of hydrogen-bond acceptors (Lipinski definition) is 4. The molecule has 126 valence electrons. The zero-order valence-corrected chi connectivity index (χ0v) is 13.8. The predicted molar refractivity (Wildman–Crippen MR) is 83.9 cm³/mol. The molecule has 1 spiro atoms. The fourth-order valence-electron chi connectivity index (χ4n) is 3.83. The van der Waals surface area contributed by atoms with E-state index in [4.69, 9.17) is 4.74 Å². The lowest BCUT2D eigenvalue weighted by molar-refractivity contribution is -0.146. The Morgan fingerprint density at radius 3 is 2.74 bits per heavy atom. The Morgan fingerprint density at radius 2 is 2.09 bits per heavy atom. The lowest BCUT2D eigenvalue weighted by Gasteiger charge is -2.44. The molecule has 0 aromatic carbocycles. The van der Waals surface area contributed by atoms with Crippen LogP contribution in [0, 0.1) is 0 Å². The number of aromatic nitrogens is 2. The molecule has 2 aliphatic rings. The van der Waals surface area contributed by atoms with Crippen molar-refractivity contribution in [3.05, 3.63) is 18.2 Å². The largest absolute Gasteiger partial charge is 0.383 e. The zero-order valence-electron chi connectivity index (χ0n) is 13.8. The van der Waals surface area contributed by atoms with E-state index in [0.29, 0.717) is 25.5 Å². The number of hydrogen-bond donors (Lipinski definition) is 0. The van der Waals surface area contributed by atoms with Gasteiger partial charge >= 0.3 is 0 Å². The number of imidazole rings is 1. The van der Waals surface area contributed by atoms with Crippen molar-refractivity contribution in [1.82, 2.24) is 19.4 Å². The van der Waals surface area contributed by atoms with Gasteiger partial charge in [-0.15, -0.1) is 0 Å². The molecule has 2 fully saturated rings. The van der Waals surface area contributed by atoms with Crippen molar-refractivity contribution in [2.24, 2.45) is 7.05 Å².